The minimum atomic E-state index is -0.557. The number of hydrogen-bond acceptors (Lipinski definition) is 4. The number of nitrogens with zero attached hydrogens (tertiary/aromatic N) is 2. The van der Waals surface area contributed by atoms with Crippen LogP contribution in [-0.2, 0) is 10.2 Å². The van der Waals surface area contributed by atoms with Crippen molar-refractivity contribution in [2.75, 3.05) is 19.8 Å². The summed E-state index contributed by atoms with van der Waals surface area (Å²) in [6.07, 6.45) is 1.58. The molecule has 0 saturated carbocycles. The zero-order valence-electron chi connectivity index (χ0n) is 10.5. The molecule has 0 spiro atoms. The Hall–Kier alpha value is -1.37. The summed E-state index contributed by atoms with van der Waals surface area (Å²) >= 11 is 3.32. The molecule has 1 fully saturated rings. The second kappa shape index (κ2) is 5.20. The average Bonchev–Trinajstić information content (AvgIpc) is 2.41. The normalized spacial score (nSPS) is 16.8. The van der Waals surface area contributed by atoms with Crippen molar-refractivity contribution in [1.82, 2.24) is 9.97 Å². The predicted octanol–water partition coefficient (Wildman–Crippen LogP) is 2.31. The van der Waals surface area contributed by atoms with Gasteiger partial charge in [-0.05, 0) is 24.3 Å². The lowest BCUT2D eigenvalue weighted by Crippen LogP contribution is -2.51. The highest BCUT2D eigenvalue weighted by atomic mass is 79.9. The van der Waals surface area contributed by atoms with Crippen LogP contribution in [0.25, 0.3) is 11.3 Å². The average molecular weight is 339 g/mol. The molecule has 0 radical (unpaired) electrons. The second-order valence-corrected chi connectivity index (χ2v) is 5.74. The van der Waals surface area contributed by atoms with Gasteiger partial charge in [-0.3, -0.25) is 0 Å². The van der Waals surface area contributed by atoms with Crippen LogP contribution >= 0.6 is 15.9 Å². The van der Waals surface area contributed by atoms with Crippen LogP contribution < -0.4 is 0 Å². The summed E-state index contributed by atoms with van der Waals surface area (Å²) in [5, 5.41) is 9.51. The van der Waals surface area contributed by atoms with Crippen molar-refractivity contribution in [2.45, 2.75) is 5.41 Å². The quantitative estimate of drug-likeness (QED) is 0.932. The molecule has 3 rings (SSSR count). The fourth-order valence-electron chi connectivity index (χ4n) is 2.10. The third-order valence-corrected chi connectivity index (χ3v) is 3.89. The van der Waals surface area contributed by atoms with E-state index in [0.717, 1.165) is 4.47 Å². The van der Waals surface area contributed by atoms with E-state index >= 15 is 0 Å². The van der Waals surface area contributed by atoms with Crippen molar-refractivity contribution < 1.29 is 14.2 Å². The molecule has 0 unspecified atom stereocenters. The van der Waals surface area contributed by atoms with Crippen LogP contribution in [-0.4, -0.2) is 34.9 Å². The monoisotopic (exact) mass is 338 g/mol. The fourth-order valence-corrected chi connectivity index (χ4v) is 2.46. The molecule has 2 heterocycles. The number of aliphatic hydroxyl groups is 1. The molecule has 2 aromatic rings. The first kappa shape index (κ1) is 13.6. The van der Waals surface area contributed by atoms with Crippen LogP contribution in [0.3, 0.4) is 0 Å². The van der Waals surface area contributed by atoms with E-state index in [9.17, 15) is 9.50 Å². The van der Waals surface area contributed by atoms with E-state index in [0.29, 0.717) is 30.3 Å². The van der Waals surface area contributed by atoms with Crippen LogP contribution in [0.15, 0.2) is 34.9 Å². The zero-order valence-corrected chi connectivity index (χ0v) is 12.1. The molecule has 1 aromatic heterocycles. The number of aliphatic hydroxyl groups excluding tert-OH is 1. The number of halogens is 2. The van der Waals surface area contributed by atoms with E-state index in [4.69, 9.17) is 4.74 Å². The molecule has 0 amide bonds. The molecule has 1 aliphatic heterocycles. The van der Waals surface area contributed by atoms with Crippen molar-refractivity contribution >= 4 is 15.9 Å². The minimum absolute atomic E-state index is 0.0859. The summed E-state index contributed by atoms with van der Waals surface area (Å²) in [6.45, 7) is 0.680. The highest BCUT2D eigenvalue weighted by Gasteiger charge is 2.42. The Morgan fingerprint density at radius 3 is 2.80 bits per heavy atom. The zero-order chi connectivity index (χ0) is 14.2. The van der Waals surface area contributed by atoms with Gasteiger partial charge < -0.3 is 9.84 Å². The third-order valence-electron chi connectivity index (χ3n) is 3.39. The van der Waals surface area contributed by atoms with Gasteiger partial charge in [-0.25, -0.2) is 14.4 Å². The van der Waals surface area contributed by atoms with Crippen molar-refractivity contribution in [3.63, 3.8) is 0 Å². The molecule has 1 saturated heterocycles. The second-order valence-electron chi connectivity index (χ2n) is 4.82. The van der Waals surface area contributed by atoms with Gasteiger partial charge in [0, 0.05) is 16.2 Å². The summed E-state index contributed by atoms with van der Waals surface area (Å²) < 4.78 is 19.8. The highest BCUT2D eigenvalue weighted by Crippen LogP contribution is 2.31. The van der Waals surface area contributed by atoms with Crippen LogP contribution in [0.2, 0.25) is 0 Å². The first-order valence-corrected chi connectivity index (χ1v) is 6.91. The molecule has 20 heavy (non-hydrogen) atoms. The lowest BCUT2D eigenvalue weighted by atomic mass is 9.86. The van der Waals surface area contributed by atoms with Gasteiger partial charge in [-0.15, -0.1) is 0 Å². The highest BCUT2D eigenvalue weighted by molar-refractivity contribution is 9.10. The Labute approximate surface area is 123 Å². The fraction of sp³-hybridized carbons (Fsp3) is 0.286. The van der Waals surface area contributed by atoms with E-state index in [1.807, 2.05) is 0 Å². The van der Waals surface area contributed by atoms with E-state index in [-0.39, 0.29) is 12.4 Å². The third kappa shape index (κ3) is 2.24. The Kier molecular flexibility index (Phi) is 3.54. The maximum atomic E-state index is 13.9. The molecule has 0 bridgehead atoms. The summed E-state index contributed by atoms with van der Waals surface area (Å²) in [7, 11) is 0. The van der Waals surface area contributed by atoms with Gasteiger partial charge in [0.1, 0.15) is 11.6 Å². The number of benzene rings is 1. The largest absolute Gasteiger partial charge is 0.395 e. The molecule has 1 aromatic carbocycles. The van der Waals surface area contributed by atoms with Gasteiger partial charge in [0.2, 0.25) is 0 Å². The topological polar surface area (TPSA) is 55.2 Å². The number of ether oxygens (including phenoxy) is 1. The van der Waals surface area contributed by atoms with E-state index in [1.54, 1.807) is 24.4 Å². The minimum Gasteiger partial charge on any atom is -0.395 e. The van der Waals surface area contributed by atoms with Crippen LogP contribution in [0.4, 0.5) is 4.39 Å². The SMILES string of the molecule is OCC1(c2nccc(-c3cc(Br)ccc3F)n2)COC1. The summed E-state index contributed by atoms with van der Waals surface area (Å²) in [4.78, 5) is 8.59. The maximum Gasteiger partial charge on any atom is 0.142 e. The Bertz CT molecular complexity index is 641. The number of aromatic nitrogens is 2. The molecule has 6 heteroatoms. The van der Waals surface area contributed by atoms with Crippen molar-refractivity contribution in [3.05, 3.63) is 46.6 Å². The van der Waals surface area contributed by atoms with Crippen LogP contribution in [0, 0.1) is 5.82 Å². The summed E-state index contributed by atoms with van der Waals surface area (Å²) in [5.41, 5.74) is 0.336. The van der Waals surface area contributed by atoms with E-state index < -0.39 is 5.41 Å². The Balaban J connectivity index is 2.05. The van der Waals surface area contributed by atoms with Crippen LogP contribution in [0.5, 0.6) is 0 Å². The van der Waals surface area contributed by atoms with Crippen molar-refractivity contribution in [2.24, 2.45) is 0 Å². The first-order chi connectivity index (χ1) is 9.64. The van der Waals surface area contributed by atoms with Crippen LogP contribution in [0.1, 0.15) is 5.82 Å². The Morgan fingerprint density at radius 2 is 2.15 bits per heavy atom. The lowest BCUT2D eigenvalue weighted by molar-refractivity contribution is -0.0883. The van der Waals surface area contributed by atoms with Gasteiger partial charge in [0.15, 0.2) is 0 Å². The van der Waals surface area contributed by atoms with E-state index in [1.165, 1.54) is 6.07 Å². The van der Waals surface area contributed by atoms with Gasteiger partial charge in [0.25, 0.3) is 0 Å². The lowest BCUT2D eigenvalue weighted by Gasteiger charge is -2.38. The summed E-state index contributed by atoms with van der Waals surface area (Å²) in [6, 6.07) is 6.34. The molecular formula is C14H12BrFN2O2. The smallest absolute Gasteiger partial charge is 0.142 e. The number of hydrogen-bond donors (Lipinski definition) is 1. The van der Waals surface area contributed by atoms with Gasteiger partial charge >= 0.3 is 0 Å². The van der Waals surface area contributed by atoms with Crippen molar-refractivity contribution in [1.29, 1.82) is 0 Å². The van der Waals surface area contributed by atoms with Gasteiger partial charge in [-0.1, -0.05) is 15.9 Å². The number of rotatable bonds is 3. The molecular weight excluding hydrogens is 327 g/mol. The maximum absolute atomic E-state index is 13.9. The molecule has 4 nitrogen and oxygen atoms in total. The predicted molar refractivity (Wildman–Crippen MR) is 74.7 cm³/mol. The standard InChI is InChI=1S/C14H12BrFN2O2/c15-9-1-2-11(16)10(5-9)12-3-4-17-13(18-12)14(6-19)7-20-8-14/h1-5,19H,6-8H2. The Morgan fingerprint density at radius 1 is 1.35 bits per heavy atom. The first-order valence-electron chi connectivity index (χ1n) is 6.12. The molecule has 1 aliphatic rings. The molecule has 104 valence electrons. The van der Waals surface area contributed by atoms with E-state index in [2.05, 4.69) is 25.9 Å². The molecule has 0 atom stereocenters. The summed E-state index contributed by atoms with van der Waals surface area (Å²) in [5.74, 6) is 0.142. The molecule has 1 N–H and O–H groups in total. The van der Waals surface area contributed by atoms with Gasteiger partial charge in [-0.2, -0.15) is 0 Å². The van der Waals surface area contributed by atoms with Crippen molar-refractivity contribution in [3.8, 4) is 11.3 Å². The van der Waals surface area contributed by atoms with Gasteiger partial charge in [0.05, 0.1) is 30.9 Å². The molecule has 0 aliphatic carbocycles.